The summed E-state index contributed by atoms with van der Waals surface area (Å²) in [4.78, 5) is 2.13. The van der Waals surface area contributed by atoms with Crippen LogP contribution in [-0.4, -0.2) is 12.2 Å². The van der Waals surface area contributed by atoms with Gasteiger partial charge in [0.05, 0.1) is 6.61 Å². The predicted molar refractivity (Wildman–Crippen MR) is 75.9 cm³/mol. The molecule has 0 unspecified atom stereocenters. The molecule has 0 saturated heterocycles. The lowest BCUT2D eigenvalue weighted by Gasteiger charge is -2.20. The molecule has 2 rings (SSSR count). The number of aliphatic hydroxyl groups excluding tert-OH is 1. The quantitative estimate of drug-likeness (QED) is 0.911. The van der Waals surface area contributed by atoms with Gasteiger partial charge in [-0.15, -0.1) is 0 Å². The molecule has 0 atom stereocenters. The average molecular weight is 262 g/mol. The minimum atomic E-state index is 0.0779. The Hall–Kier alpha value is -1.51. The summed E-state index contributed by atoms with van der Waals surface area (Å²) >= 11 is 6.14. The average Bonchev–Trinajstić information content (AvgIpc) is 2.41. The van der Waals surface area contributed by atoms with Gasteiger partial charge >= 0.3 is 0 Å². The molecule has 0 fully saturated rings. The van der Waals surface area contributed by atoms with E-state index < -0.39 is 0 Å². The molecule has 0 aliphatic carbocycles. The van der Waals surface area contributed by atoms with Crippen LogP contribution in [0.4, 0.5) is 5.69 Å². The molecule has 0 saturated carbocycles. The standard InChI is InChI=1S/C15H16ClNO/c1-17(10-13-4-2-3-5-15(13)16)14-8-6-12(11-18)7-9-14/h2-9,18H,10-11H2,1H3. The summed E-state index contributed by atoms with van der Waals surface area (Å²) in [7, 11) is 2.03. The fourth-order valence-corrected chi connectivity index (χ4v) is 2.02. The number of anilines is 1. The zero-order chi connectivity index (χ0) is 13.0. The fraction of sp³-hybridized carbons (Fsp3) is 0.200. The Morgan fingerprint density at radius 2 is 1.72 bits per heavy atom. The van der Waals surface area contributed by atoms with Crippen LogP contribution in [-0.2, 0) is 13.2 Å². The Bertz CT molecular complexity index is 510. The number of hydrogen-bond acceptors (Lipinski definition) is 2. The van der Waals surface area contributed by atoms with E-state index in [9.17, 15) is 0 Å². The van der Waals surface area contributed by atoms with Gasteiger partial charge in [-0.3, -0.25) is 0 Å². The van der Waals surface area contributed by atoms with Gasteiger partial charge in [-0.25, -0.2) is 0 Å². The maximum Gasteiger partial charge on any atom is 0.0681 e. The summed E-state index contributed by atoms with van der Waals surface area (Å²) in [6.07, 6.45) is 0. The van der Waals surface area contributed by atoms with E-state index in [0.29, 0.717) is 0 Å². The second-order valence-corrected chi connectivity index (χ2v) is 4.68. The highest BCUT2D eigenvalue weighted by Crippen LogP contribution is 2.20. The van der Waals surface area contributed by atoms with Gasteiger partial charge in [-0.2, -0.15) is 0 Å². The van der Waals surface area contributed by atoms with Gasteiger partial charge in [0.15, 0.2) is 0 Å². The summed E-state index contributed by atoms with van der Waals surface area (Å²) in [5.41, 5.74) is 3.13. The SMILES string of the molecule is CN(Cc1ccccc1Cl)c1ccc(CO)cc1. The van der Waals surface area contributed by atoms with Crippen LogP contribution in [0.1, 0.15) is 11.1 Å². The summed E-state index contributed by atoms with van der Waals surface area (Å²) in [6, 6.07) is 15.7. The van der Waals surface area contributed by atoms with Crippen LogP contribution in [0.15, 0.2) is 48.5 Å². The number of halogens is 1. The topological polar surface area (TPSA) is 23.5 Å². The van der Waals surface area contributed by atoms with Crippen molar-refractivity contribution in [3.05, 3.63) is 64.7 Å². The van der Waals surface area contributed by atoms with Crippen molar-refractivity contribution in [3.63, 3.8) is 0 Å². The zero-order valence-corrected chi connectivity index (χ0v) is 11.1. The van der Waals surface area contributed by atoms with Gasteiger partial charge in [0.2, 0.25) is 0 Å². The van der Waals surface area contributed by atoms with Crippen LogP contribution in [0.3, 0.4) is 0 Å². The van der Waals surface area contributed by atoms with Crippen molar-refractivity contribution >= 4 is 17.3 Å². The number of benzene rings is 2. The molecular formula is C15H16ClNO. The highest BCUT2D eigenvalue weighted by molar-refractivity contribution is 6.31. The third-order valence-corrected chi connectivity index (χ3v) is 3.29. The Labute approximate surface area is 112 Å². The molecule has 1 N–H and O–H groups in total. The maximum atomic E-state index is 9.01. The number of aliphatic hydroxyl groups is 1. The minimum Gasteiger partial charge on any atom is -0.392 e. The van der Waals surface area contributed by atoms with E-state index >= 15 is 0 Å². The largest absolute Gasteiger partial charge is 0.392 e. The van der Waals surface area contributed by atoms with Gasteiger partial charge in [-0.05, 0) is 29.3 Å². The summed E-state index contributed by atoms with van der Waals surface area (Å²) in [5.74, 6) is 0. The molecule has 18 heavy (non-hydrogen) atoms. The lowest BCUT2D eigenvalue weighted by molar-refractivity contribution is 0.282. The second-order valence-electron chi connectivity index (χ2n) is 4.27. The molecule has 0 heterocycles. The van der Waals surface area contributed by atoms with E-state index in [1.807, 2.05) is 55.6 Å². The van der Waals surface area contributed by atoms with Gasteiger partial charge in [0.25, 0.3) is 0 Å². The first kappa shape index (κ1) is 12.9. The van der Waals surface area contributed by atoms with Gasteiger partial charge in [0, 0.05) is 24.3 Å². The number of rotatable bonds is 4. The van der Waals surface area contributed by atoms with Crippen molar-refractivity contribution in [2.45, 2.75) is 13.2 Å². The van der Waals surface area contributed by atoms with Crippen LogP contribution in [0, 0.1) is 0 Å². The lowest BCUT2D eigenvalue weighted by atomic mass is 10.1. The van der Waals surface area contributed by atoms with Gasteiger partial charge in [0.1, 0.15) is 0 Å². The Morgan fingerprint density at radius 3 is 2.33 bits per heavy atom. The molecule has 0 bridgehead atoms. The zero-order valence-electron chi connectivity index (χ0n) is 10.3. The molecule has 0 amide bonds. The van der Waals surface area contributed by atoms with Crippen LogP contribution < -0.4 is 4.90 Å². The maximum absolute atomic E-state index is 9.01. The highest BCUT2D eigenvalue weighted by atomic mass is 35.5. The van der Waals surface area contributed by atoms with Gasteiger partial charge in [-0.1, -0.05) is 41.9 Å². The molecule has 94 valence electrons. The molecule has 0 aliphatic heterocycles. The van der Waals surface area contributed by atoms with Crippen molar-refractivity contribution in [2.24, 2.45) is 0 Å². The third-order valence-electron chi connectivity index (χ3n) is 2.93. The van der Waals surface area contributed by atoms with E-state index in [1.165, 1.54) is 0 Å². The number of nitrogens with zero attached hydrogens (tertiary/aromatic N) is 1. The van der Waals surface area contributed by atoms with Crippen LogP contribution in [0.25, 0.3) is 0 Å². The van der Waals surface area contributed by atoms with Crippen molar-refractivity contribution in [1.29, 1.82) is 0 Å². The van der Waals surface area contributed by atoms with E-state index in [0.717, 1.165) is 28.4 Å². The van der Waals surface area contributed by atoms with Crippen LogP contribution >= 0.6 is 11.6 Å². The third kappa shape index (κ3) is 3.03. The van der Waals surface area contributed by atoms with Crippen molar-refractivity contribution in [2.75, 3.05) is 11.9 Å². The second kappa shape index (κ2) is 5.89. The number of hydrogen-bond donors (Lipinski definition) is 1. The van der Waals surface area contributed by atoms with E-state index in [1.54, 1.807) is 0 Å². The molecular weight excluding hydrogens is 246 g/mol. The van der Waals surface area contributed by atoms with Crippen molar-refractivity contribution in [1.82, 2.24) is 0 Å². The summed E-state index contributed by atoms with van der Waals surface area (Å²) in [6.45, 7) is 0.840. The van der Waals surface area contributed by atoms with Gasteiger partial charge < -0.3 is 10.0 Å². The van der Waals surface area contributed by atoms with E-state index in [4.69, 9.17) is 16.7 Å². The molecule has 3 heteroatoms. The minimum absolute atomic E-state index is 0.0779. The monoisotopic (exact) mass is 261 g/mol. The van der Waals surface area contributed by atoms with E-state index in [2.05, 4.69) is 4.90 Å². The normalized spacial score (nSPS) is 10.4. The van der Waals surface area contributed by atoms with Crippen molar-refractivity contribution < 1.29 is 5.11 Å². The molecule has 0 aliphatic rings. The fourth-order valence-electron chi connectivity index (χ4n) is 1.83. The van der Waals surface area contributed by atoms with Crippen LogP contribution in [0.2, 0.25) is 5.02 Å². The smallest absolute Gasteiger partial charge is 0.0681 e. The molecule has 2 nitrogen and oxygen atoms in total. The van der Waals surface area contributed by atoms with E-state index in [-0.39, 0.29) is 6.61 Å². The molecule has 0 aromatic heterocycles. The molecule has 0 radical (unpaired) electrons. The summed E-state index contributed by atoms with van der Waals surface area (Å²) in [5, 5.41) is 9.80. The van der Waals surface area contributed by atoms with Crippen LogP contribution in [0.5, 0.6) is 0 Å². The predicted octanol–water partition coefficient (Wildman–Crippen LogP) is 3.47. The Kier molecular flexibility index (Phi) is 4.24. The Balaban J connectivity index is 2.11. The molecule has 2 aromatic rings. The van der Waals surface area contributed by atoms with Crippen molar-refractivity contribution in [3.8, 4) is 0 Å². The summed E-state index contributed by atoms with van der Waals surface area (Å²) < 4.78 is 0. The first-order chi connectivity index (χ1) is 8.70. The first-order valence-corrected chi connectivity index (χ1v) is 6.23. The first-order valence-electron chi connectivity index (χ1n) is 5.85. The highest BCUT2D eigenvalue weighted by Gasteiger charge is 2.04. The Morgan fingerprint density at radius 1 is 1.06 bits per heavy atom. The molecule has 2 aromatic carbocycles. The lowest BCUT2D eigenvalue weighted by Crippen LogP contribution is -2.16. The molecule has 0 spiro atoms.